The summed E-state index contributed by atoms with van der Waals surface area (Å²) in [4.78, 5) is 21.0. The minimum Gasteiger partial charge on any atom is -0.392 e. The van der Waals surface area contributed by atoms with Crippen LogP contribution in [-0.2, 0) is 11.4 Å². The molecule has 2 aliphatic heterocycles. The lowest BCUT2D eigenvalue weighted by Gasteiger charge is -2.27. The molecule has 1 unspecified atom stereocenters. The van der Waals surface area contributed by atoms with E-state index in [1.54, 1.807) is 4.90 Å². The van der Waals surface area contributed by atoms with Gasteiger partial charge in [0.05, 0.1) is 30.1 Å². The van der Waals surface area contributed by atoms with Crippen molar-refractivity contribution >= 4 is 17.3 Å². The van der Waals surface area contributed by atoms with Crippen molar-refractivity contribution in [2.24, 2.45) is 5.16 Å². The van der Waals surface area contributed by atoms with Gasteiger partial charge in [-0.25, -0.2) is 0 Å². The Kier molecular flexibility index (Phi) is 6.07. The van der Waals surface area contributed by atoms with Gasteiger partial charge in [0.1, 0.15) is 0 Å². The fourth-order valence-corrected chi connectivity index (χ4v) is 3.87. The lowest BCUT2D eigenvalue weighted by Crippen LogP contribution is -2.39. The van der Waals surface area contributed by atoms with Crippen LogP contribution in [0.4, 0.5) is 5.69 Å². The number of rotatable bonds is 4. The average molecular weight is 425 g/mol. The second kappa shape index (κ2) is 9.09. The molecule has 3 aromatic carbocycles. The molecule has 0 fully saturated rings. The third-order valence-corrected chi connectivity index (χ3v) is 5.52. The second-order valence-corrected chi connectivity index (χ2v) is 7.55. The first-order chi connectivity index (χ1) is 15.2. The normalized spacial score (nSPS) is 16.3. The smallest absolute Gasteiger partial charge is 0.259 e. The Morgan fingerprint density at radius 1 is 0.969 bits per heavy atom. The highest BCUT2D eigenvalue weighted by Crippen LogP contribution is 2.27. The van der Waals surface area contributed by atoms with E-state index in [0.717, 1.165) is 33.7 Å². The van der Waals surface area contributed by atoms with Crippen LogP contribution in [0.25, 0.3) is 0 Å². The molecule has 0 saturated heterocycles. The molecule has 1 amide bonds. The number of benzene rings is 3. The average Bonchev–Trinajstić information content (AvgIpc) is 3.29. The van der Waals surface area contributed by atoms with Gasteiger partial charge in [-0.1, -0.05) is 73.0 Å². The fourth-order valence-electron chi connectivity index (χ4n) is 3.87. The second-order valence-electron chi connectivity index (χ2n) is 7.55. The van der Waals surface area contributed by atoms with Crippen LogP contribution in [0.3, 0.4) is 0 Å². The predicted octanol–water partition coefficient (Wildman–Crippen LogP) is 4.37. The van der Waals surface area contributed by atoms with Crippen LogP contribution in [0.5, 0.6) is 0 Å². The van der Waals surface area contributed by atoms with E-state index in [4.69, 9.17) is 4.84 Å². The summed E-state index contributed by atoms with van der Waals surface area (Å²) in [5.41, 5.74) is 5.53. The Bertz CT molecular complexity index is 1240. The topological polar surface area (TPSA) is 62.1 Å². The van der Waals surface area contributed by atoms with Crippen molar-refractivity contribution in [3.8, 4) is 11.8 Å². The quantitative estimate of drug-likeness (QED) is 0.633. The van der Waals surface area contributed by atoms with Crippen molar-refractivity contribution in [3.63, 3.8) is 0 Å². The van der Waals surface area contributed by atoms with E-state index in [-0.39, 0.29) is 26.0 Å². The maximum atomic E-state index is 13.5. The number of hydrogen-bond donors (Lipinski definition) is 1. The molecule has 2 aliphatic rings. The highest BCUT2D eigenvalue weighted by Gasteiger charge is 2.30. The van der Waals surface area contributed by atoms with Crippen molar-refractivity contribution in [1.29, 1.82) is 0 Å². The summed E-state index contributed by atoms with van der Waals surface area (Å²) in [6, 6.07) is 22.7. The summed E-state index contributed by atoms with van der Waals surface area (Å²) >= 11 is 0. The third kappa shape index (κ3) is 4.01. The van der Waals surface area contributed by atoms with Gasteiger partial charge >= 0.3 is 0 Å². The van der Waals surface area contributed by atoms with Gasteiger partial charge in [-0.15, -0.1) is 0 Å². The summed E-state index contributed by atoms with van der Waals surface area (Å²) in [6.45, 7) is 0.375. The zero-order valence-electron chi connectivity index (χ0n) is 16.8. The maximum absolute atomic E-state index is 13.5. The summed E-state index contributed by atoms with van der Waals surface area (Å²) < 4.78 is 0. The molecular weight excluding hydrogens is 400 g/mol. The number of carbonyl (C=O) groups is 1. The van der Waals surface area contributed by atoms with Crippen molar-refractivity contribution < 1.29 is 14.7 Å². The lowest BCUT2D eigenvalue weighted by molar-refractivity contribution is 0.0817. The van der Waals surface area contributed by atoms with Crippen LogP contribution in [0.2, 0.25) is 0 Å². The molecule has 5 nitrogen and oxygen atoms in total. The monoisotopic (exact) mass is 424 g/mol. The predicted molar refractivity (Wildman–Crippen MR) is 126 cm³/mol. The zero-order valence-corrected chi connectivity index (χ0v) is 16.8. The van der Waals surface area contributed by atoms with Crippen molar-refractivity contribution in [2.75, 3.05) is 11.4 Å². The minimum absolute atomic E-state index is 0. The minimum atomic E-state index is -0.260. The van der Waals surface area contributed by atoms with Gasteiger partial charge in [-0.2, -0.15) is 0 Å². The number of carbonyl (C=O) groups excluding carboxylic acids is 1. The van der Waals surface area contributed by atoms with Gasteiger partial charge in [-0.05, 0) is 35.4 Å². The Morgan fingerprint density at radius 2 is 1.66 bits per heavy atom. The molecule has 2 heterocycles. The van der Waals surface area contributed by atoms with Crippen LogP contribution in [0.15, 0.2) is 78.0 Å². The van der Waals surface area contributed by atoms with E-state index in [1.165, 1.54) is 0 Å². The molecule has 0 aromatic heterocycles. The molecule has 0 aliphatic carbocycles. The number of amides is 1. The summed E-state index contributed by atoms with van der Waals surface area (Å²) in [5.74, 6) is 6.25. The first-order valence-corrected chi connectivity index (χ1v) is 10.2. The number of hydrogen-bond acceptors (Lipinski definition) is 4. The molecule has 0 saturated carbocycles. The number of oxime groups is 1. The van der Waals surface area contributed by atoms with Gasteiger partial charge in [0.2, 0.25) is 0 Å². The van der Waals surface area contributed by atoms with Gasteiger partial charge in [0.15, 0.2) is 6.10 Å². The summed E-state index contributed by atoms with van der Waals surface area (Å²) in [5, 5.41) is 13.5. The van der Waals surface area contributed by atoms with E-state index in [2.05, 4.69) is 17.0 Å². The van der Waals surface area contributed by atoms with Gasteiger partial charge in [0.25, 0.3) is 5.91 Å². The van der Waals surface area contributed by atoms with Crippen molar-refractivity contribution in [3.05, 3.63) is 101 Å². The SMILES string of the molecule is C.O=C1c2ccccc2C#Cc2ccccc2N1CC1CC(c2ccc(CO)cc2)=NO1. The molecule has 1 N–H and O–H groups in total. The lowest BCUT2D eigenvalue weighted by atomic mass is 10.0. The first kappa shape index (κ1) is 21.4. The van der Waals surface area contributed by atoms with Crippen molar-refractivity contribution in [2.45, 2.75) is 26.6 Å². The Hall–Kier alpha value is -3.88. The van der Waals surface area contributed by atoms with E-state index in [1.807, 2.05) is 72.8 Å². The van der Waals surface area contributed by atoms with Gasteiger partial charge in [-0.3, -0.25) is 4.79 Å². The summed E-state index contributed by atoms with van der Waals surface area (Å²) in [6.07, 6.45) is 0.335. The molecule has 5 heteroatoms. The molecule has 160 valence electrons. The van der Waals surface area contributed by atoms with E-state index < -0.39 is 0 Å². The van der Waals surface area contributed by atoms with E-state index >= 15 is 0 Å². The Labute approximate surface area is 188 Å². The Balaban J connectivity index is 0.00000245. The number of anilines is 1. The van der Waals surface area contributed by atoms with Crippen LogP contribution in [-0.4, -0.2) is 29.4 Å². The largest absolute Gasteiger partial charge is 0.392 e. The molecular formula is C27H24N2O3. The van der Waals surface area contributed by atoms with Crippen LogP contribution in [0.1, 0.15) is 46.5 Å². The number of aliphatic hydroxyl groups excluding tert-OH is 1. The van der Waals surface area contributed by atoms with Gasteiger partial charge in [0, 0.05) is 17.5 Å². The molecule has 3 aromatic rings. The highest BCUT2D eigenvalue weighted by atomic mass is 16.6. The molecule has 0 spiro atoms. The summed E-state index contributed by atoms with van der Waals surface area (Å²) in [7, 11) is 0. The van der Waals surface area contributed by atoms with Crippen LogP contribution < -0.4 is 4.90 Å². The number of nitrogens with zero attached hydrogens (tertiary/aromatic N) is 2. The van der Waals surface area contributed by atoms with E-state index in [9.17, 15) is 9.90 Å². The van der Waals surface area contributed by atoms with Crippen molar-refractivity contribution in [1.82, 2.24) is 0 Å². The number of aliphatic hydroxyl groups is 1. The molecule has 0 radical (unpaired) electrons. The van der Waals surface area contributed by atoms with Crippen LogP contribution in [0, 0.1) is 11.8 Å². The number of para-hydroxylation sites is 1. The highest BCUT2D eigenvalue weighted by molar-refractivity contribution is 6.09. The van der Waals surface area contributed by atoms with Gasteiger partial charge < -0.3 is 14.8 Å². The molecule has 5 rings (SSSR count). The van der Waals surface area contributed by atoms with Crippen LogP contribution >= 0.6 is 0 Å². The Morgan fingerprint density at radius 3 is 2.44 bits per heavy atom. The molecule has 32 heavy (non-hydrogen) atoms. The standard InChI is InChI=1S/C26H20N2O3.CH4/c29-17-18-9-11-20(12-10-18)24-15-22(31-27-24)16-28-25-8-4-2-6-21(25)14-13-19-5-1-3-7-23(19)26(28)30;/h1-12,22,29H,15-17H2;1H4. The molecule has 0 bridgehead atoms. The fraction of sp³-hybridized carbons (Fsp3) is 0.185. The maximum Gasteiger partial charge on any atom is 0.259 e. The number of fused-ring (bicyclic) bond motifs is 2. The first-order valence-electron chi connectivity index (χ1n) is 10.2. The zero-order chi connectivity index (χ0) is 21.2. The molecule has 1 atom stereocenters. The van der Waals surface area contributed by atoms with E-state index in [0.29, 0.717) is 18.5 Å². The third-order valence-electron chi connectivity index (χ3n) is 5.52.